The summed E-state index contributed by atoms with van der Waals surface area (Å²) in [5.41, 5.74) is -0.342. The van der Waals surface area contributed by atoms with Crippen LogP contribution >= 0.6 is 11.6 Å². The van der Waals surface area contributed by atoms with Gasteiger partial charge < -0.3 is 4.90 Å². The van der Waals surface area contributed by atoms with Crippen molar-refractivity contribution in [1.29, 1.82) is 0 Å². The fourth-order valence-electron chi connectivity index (χ4n) is 3.39. The molecule has 0 radical (unpaired) electrons. The third kappa shape index (κ3) is 4.01. The third-order valence-corrected chi connectivity index (χ3v) is 5.84. The van der Waals surface area contributed by atoms with E-state index in [-0.39, 0.29) is 28.3 Å². The van der Waals surface area contributed by atoms with Gasteiger partial charge in [-0.3, -0.25) is 0 Å². The largest absolute Gasteiger partial charge is 0.416 e. The van der Waals surface area contributed by atoms with E-state index in [1.807, 2.05) is 4.90 Å². The molecule has 0 amide bonds. The molecule has 7 nitrogen and oxygen atoms in total. The molecule has 1 aliphatic rings. The number of benzene rings is 1. The lowest BCUT2D eigenvalue weighted by molar-refractivity contribution is -0.137. The Morgan fingerprint density at radius 1 is 1.24 bits per heavy atom. The predicted molar refractivity (Wildman–Crippen MR) is 102 cm³/mol. The van der Waals surface area contributed by atoms with Crippen LogP contribution in [0, 0.1) is 5.92 Å². The molecule has 1 saturated heterocycles. The maximum absolute atomic E-state index is 13.0. The molecule has 4 rings (SSSR count). The van der Waals surface area contributed by atoms with Gasteiger partial charge in [0.05, 0.1) is 28.6 Å². The highest BCUT2D eigenvalue weighted by atomic mass is 35.5. The van der Waals surface area contributed by atoms with Gasteiger partial charge in [-0.1, -0.05) is 6.07 Å². The van der Waals surface area contributed by atoms with Crippen LogP contribution in [0.25, 0.3) is 16.7 Å². The molecule has 12 heteroatoms. The van der Waals surface area contributed by atoms with E-state index in [4.69, 9.17) is 11.6 Å². The monoisotopic (exact) mass is 445 g/mol. The molecule has 3 aromatic rings. The minimum Gasteiger partial charge on any atom is -0.355 e. The Bertz CT molecular complexity index is 1190. The number of alkyl halides is 3. The lowest BCUT2D eigenvalue weighted by Crippen LogP contribution is -2.50. The zero-order valence-electron chi connectivity index (χ0n) is 15.1. The van der Waals surface area contributed by atoms with E-state index in [9.17, 15) is 21.6 Å². The third-order valence-electron chi connectivity index (χ3n) is 4.59. The number of anilines is 1. The summed E-state index contributed by atoms with van der Waals surface area (Å²) in [6, 6.07) is 4.74. The molecule has 1 aromatic carbocycles. The smallest absolute Gasteiger partial charge is 0.355 e. The normalized spacial score (nSPS) is 15.7. The van der Waals surface area contributed by atoms with Crippen LogP contribution in [0.4, 0.5) is 19.0 Å². The SMILES string of the molecule is CS(=O)(=O)CC1CN(c2nc(Cl)nc3c2cnn3-c2cccc(C(F)(F)F)c2)C1. The van der Waals surface area contributed by atoms with E-state index in [1.54, 1.807) is 0 Å². The quantitative estimate of drug-likeness (QED) is 0.574. The lowest BCUT2D eigenvalue weighted by Gasteiger charge is -2.40. The van der Waals surface area contributed by atoms with E-state index in [2.05, 4.69) is 15.1 Å². The Balaban J connectivity index is 1.70. The molecule has 1 aliphatic heterocycles. The van der Waals surface area contributed by atoms with Crippen molar-refractivity contribution < 1.29 is 21.6 Å². The van der Waals surface area contributed by atoms with Crippen molar-refractivity contribution in [3.05, 3.63) is 41.3 Å². The summed E-state index contributed by atoms with van der Waals surface area (Å²) in [6.45, 7) is 0.953. The van der Waals surface area contributed by atoms with Crippen molar-refractivity contribution >= 4 is 38.3 Å². The lowest BCUT2D eigenvalue weighted by atomic mass is 10.0. The van der Waals surface area contributed by atoms with E-state index >= 15 is 0 Å². The highest BCUT2D eigenvalue weighted by Gasteiger charge is 2.33. The molecule has 0 spiro atoms. The maximum atomic E-state index is 13.0. The van der Waals surface area contributed by atoms with Crippen molar-refractivity contribution in [2.45, 2.75) is 6.18 Å². The van der Waals surface area contributed by atoms with Crippen LogP contribution in [0.15, 0.2) is 30.5 Å². The van der Waals surface area contributed by atoms with Gasteiger partial charge in [0.2, 0.25) is 5.28 Å². The molecule has 0 aliphatic carbocycles. The fourth-order valence-corrected chi connectivity index (χ4v) is 4.61. The van der Waals surface area contributed by atoms with Crippen LogP contribution < -0.4 is 4.90 Å². The van der Waals surface area contributed by atoms with Crippen LogP contribution in [-0.4, -0.2) is 53.3 Å². The Labute approximate surface area is 169 Å². The number of halogens is 4. The van der Waals surface area contributed by atoms with Gasteiger partial charge in [0.25, 0.3) is 0 Å². The number of aromatic nitrogens is 4. The van der Waals surface area contributed by atoms with E-state index in [0.717, 1.165) is 12.1 Å². The van der Waals surface area contributed by atoms with Crippen molar-refractivity contribution in [1.82, 2.24) is 19.7 Å². The predicted octanol–water partition coefficient (Wildman–Crippen LogP) is 2.97. The number of hydrogen-bond acceptors (Lipinski definition) is 6. The van der Waals surface area contributed by atoms with E-state index < -0.39 is 21.6 Å². The van der Waals surface area contributed by atoms with Crippen molar-refractivity contribution in [2.75, 3.05) is 30.0 Å². The van der Waals surface area contributed by atoms with Crippen LogP contribution in [0.5, 0.6) is 0 Å². The first-order chi connectivity index (χ1) is 13.5. The van der Waals surface area contributed by atoms with Gasteiger partial charge in [-0.25, -0.2) is 13.1 Å². The molecule has 154 valence electrons. The van der Waals surface area contributed by atoms with Crippen molar-refractivity contribution in [2.24, 2.45) is 5.92 Å². The zero-order chi connectivity index (χ0) is 21.0. The van der Waals surface area contributed by atoms with Gasteiger partial charge in [-0.05, 0) is 29.8 Å². The van der Waals surface area contributed by atoms with E-state index in [1.165, 1.54) is 29.3 Å². The van der Waals surface area contributed by atoms with Gasteiger partial charge in [0.1, 0.15) is 15.7 Å². The zero-order valence-corrected chi connectivity index (χ0v) is 16.6. The molecule has 0 saturated carbocycles. The summed E-state index contributed by atoms with van der Waals surface area (Å²) in [5, 5.41) is 4.62. The highest BCUT2D eigenvalue weighted by Crippen LogP contribution is 2.33. The minimum absolute atomic E-state index is 0.0210. The molecule has 0 N–H and O–H groups in total. The maximum Gasteiger partial charge on any atom is 0.416 e. The van der Waals surface area contributed by atoms with Crippen LogP contribution in [0.3, 0.4) is 0 Å². The molecular weight excluding hydrogens is 431 g/mol. The second kappa shape index (κ2) is 6.84. The van der Waals surface area contributed by atoms with Crippen LogP contribution in [0.2, 0.25) is 5.28 Å². The van der Waals surface area contributed by atoms with Crippen LogP contribution in [0.1, 0.15) is 5.56 Å². The van der Waals surface area contributed by atoms with Gasteiger partial charge in [-0.15, -0.1) is 0 Å². The average Bonchev–Trinajstić information content (AvgIpc) is 2.99. The Morgan fingerprint density at radius 3 is 2.62 bits per heavy atom. The summed E-state index contributed by atoms with van der Waals surface area (Å²) < 4.78 is 63.3. The standard InChI is InChI=1S/C17H15ClF3N5O2S/c1-29(27,28)9-10-7-25(8-10)14-13-6-22-26(15(13)24-16(18)23-14)12-4-2-3-11(5-12)17(19,20)21/h2-6,10H,7-9H2,1H3. The molecule has 29 heavy (non-hydrogen) atoms. The van der Waals surface area contributed by atoms with Gasteiger partial charge in [-0.2, -0.15) is 28.2 Å². The molecule has 1 fully saturated rings. The van der Waals surface area contributed by atoms with Gasteiger partial charge >= 0.3 is 6.18 Å². The molecule has 0 bridgehead atoms. The summed E-state index contributed by atoms with van der Waals surface area (Å²) >= 11 is 6.05. The van der Waals surface area contributed by atoms with Gasteiger partial charge in [0.15, 0.2) is 5.65 Å². The Kier molecular flexibility index (Phi) is 4.69. The first-order valence-corrected chi connectivity index (χ1v) is 11.0. The molecule has 0 unspecified atom stereocenters. The Hall–Kier alpha value is -2.40. The summed E-state index contributed by atoms with van der Waals surface area (Å²) in [7, 11) is -3.08. The van der Waals surface area contributed by atoms with Crippen molar-refractivity contribution in [3.63, 3.8) is 0 Å². The van der Waals surface area contributed by atoms with Crippen molar-refractivity contribution in [3.8, 4) is 5.69 Å². The fraction of sp³-hybridized carbons (Fsp3) is 0.353. The topological polar surface area (TPSA) is 81.0 Å². The molecule has 3 heterocycles. The molecule has 2 aromatic heterocycles. The second-order valence-electron chi connectivity index (χ2n) is 7.02. The van der Waals surface area contributed by atoms with Gasteiger partial charge in [0, 0.05) is 25.3 Å². The number of fused-ring (bicyclic) bond motifs is 1. The molecular formula is C17H15ClF3N5O2S. The first-order valence-electron chi connectivity index (χ1n) is 8.53. The van der Waals surface area contributed by atoms with E-state index in [0.29, 0.717) is 24.3 Å². The number of nitrogens with zero attached hydrogens (tertiary/aromatic N) is 5. The average molecular weight is 446 g/mol. The second-order valence-corrected chi connectivity index (χ2v) is 9.54. The molecule has 0 atom stereocenters. The number of rotatable bonds is 4. The first kappa shape index (κ1) is 19.9. The summed E-state index contributed by atoms with van der Waals surface area (Å²) in [6.07, 6.45) is -1.83. The number of sulfone groups is 1. The summed E-state index contributed by atoms with van der Waals surface area (Å²) in [5.74, 6) is 0.532. The van der Waals surface area contributed by atoms with Crippen LogP contribution in [-0.2, 0) is 16.0 Å². The summed E-state index contributed by atoms with van der Waals surface area (Å²) in [4.78, 5) is 10.2. The minimum atomic E-state index is -4.48. The highest BCUT2D eigenvalue weighted by molar-refractivity contribution is 7.90. The Morgan fingerprint density at radius 2 is 1.97 bits per heavy atom. The number of hydrogen-bond donors (Lipinski definition) is 0.